The summed E-state index contributed by atoms with van der Waals surface area (Å²) in [6, 6.07) is 6.97. The Bertz CT molecular complexity index is 430. The summed E-state index contributed by atoms with van der Waals surface area (Å²) in [6.45, 7) is 4.82. The van der Waals surface area contributed by atoms with Crippen LogP contribution in [0.5, 0.6) is 0 Å². The number of piperidine rings is 1. The van der Waals surface area contributed by atoms with Crippen LogP contribution in [0.2, 0.25) is 0 Å². The number of halogens is 2. The molecule has 0 spiro atoms. The Morgan fingerprint density at radius 3 is 2.80 bits per heavy atom. The van der Waals surface area contributed by atoms with Crippen molar-refractivity contribution in [2.45, 2.75) is 38.5 Å². The number of nitrogens with two attached hydrogens (primary N) is 1. The lowest BCUT2D eigenvalue weighted by Gasteiger charge is -2.38. The van der Waals surface area contributed by atoms with Crippen molar-refractivity contribution in [3.8, 4) is 0 Å². The van der Waals surface area contributed by atoms with Crippen molar-refractivity contribution in [3.63, 3.8) is 0 Å². The maximum atomic E-state index is 5.92. The number of benzene rings is 1. The molecule has 1 aromatic rings. The minimum absolute atomic E-state index is 0. The highest BCUT2D eigenvalue weighted by molar-refractivity contribution is 9.10. The number of methoxy groups -OCH3 is 1. The van der Waals surface area contributed by atoms with Gasteiger partial charge in [0.05, 0.1) is 6.10 Å². The number of likely N-dealkylation sites (tertiary alicyclic amines) is 1. The van der Waals surface area contributed by atoms with Gasteiger partial charge in [0, 0.05) is 37.3 Å². The number of hydrogen-bond donors (Lipinski definition) is 1. The molecule has 0 amide bonds. The van der Waals surface area contributed by atoms with Crippen LogP contribution in [-0.4, -0.2) is 37.2 Å². The molecular weight excluding hydrogens is 340 g/mol. The zero-order valence-electron chi connectivity index (χ0n) is 12.1. The van der Waals surface area contributed by atoms with Gasteiger partial charge in [-0.25, -0.2) is 0 Å². The van der Waals surface area contributed by atoms with Crippen LogP contribution in [0, 0.1) is 6.92 Å². The van der Waals surface area contributed by atoms with E-state index in [4.69, 9.17) is 10.5 Å². The first-order valence-electron chi connectivity index (χ1n) is 6.86. The van der Waals surface area contributed by atoms with Crippen molar-refractivity contribution in [2.24, 2.45) is 5.73 Å². The summed E-state index contributed by atoms with van der Waals surface area (Å²) in [4.78, 5) is 2.48. The molecule has 1 heterocycles. The Morgan fingerprint density at radius 1 is 1.45 bits per heavy atom. The SMILES string of the molecule is COC1CCN(Cc2ccc(C)cc2Br)C(CN)C1.Cl. The first-order valence-corrected chi connectivity index (χ1v) is 7.65. The molecule has 114 valence electrons. The number of rotatable bonds is 4. The molecule has 2 rings (SSSR count). The lowest BCUT2D eigenvalue weighted by atomic mass is 9.98. The Hall–Kier alpha value is -0.130. The van der Waals surface area contributed by atoms with E-state index >= 15 is 0 Å². The highest BCUT2D eigenvalue weighted by Crippen LogP contribution is 2.25. The van der Waals surface area contributed by atoms with Crippen LogP contribution in [0.4, 0.5) is 0 Å². The van der Waals surface area contributed by atoms with Crippen LogP contribution in [-0.2, 0) is 11.3 Å². The third kappa shape index (κ3) is 4.43. The van der Waals surface area contributed by atoms with E-state index in [9.17, 15) is 0 Å². The van der Waals surface area contributed by atoms with Crippen LogP contribution in [0.1, 0.15) is 24.0 Å². The van der Waals surface area contributed by atoms with E-state index in [1.54, 1.807) is 7.11 Å². The molecule has 0 saturated carbocycles. The van der Waals surface area contributed by atoms with Crippen molar-refractivity contribution < 1.29 is 4.74 Å². The molecule has 1 aliphatic rings. The lowest BCUT2D eigenvalue weighted by molar-refractivity contribution is 0.0101. The van der Waals surface area contributed by atoms with Gasteiger partial charge in [0.15, 0.2) is 0 Å². The van der Waals surface area contributed by atoms with Gasteiger partial charge in [-0.15, -0.1) is 12.4 Å². The van der Waals surface area contributed by atoms with Crippen LogP contribution in [0.25, 0.3) is 0 Å². The lowest BCUT2D eigenvalue weighted by Crippen LogP contribution is -2.48. The second kappa shape index (κ2) is 8.35. The minimum Gasteiger partial charge on any atom is -0.381 e. The molecule has 1 aromatic carbocycles. The maximum Gasteiger partial charge on any atom is 0.0599 e. The maximum absolute atomic E-state index is 5.92. The smallest absolute Gasteiger partial charge is 0.0599 e. The quantitative estimate of drug-likeness (QED) is 0.893. The third-order valence-electron chi connectivity index (χ3n) is 3.98. The highest BCUT2D eigenvalue weighted by atomic mass is 79.9. The second-order valence-electron chi connectivity index (χ2n) is 5.34. The van der Waals surface area contributed by atoms with E-state index in [1.807, 2.05) is 0 Å². The molecule has 1 fully saturated rings. The van der Waals surface area contributed by atoms with Crippen LogP contribution in [0.15, 0.2) is 22.7 Å². The predicted molar refractivity (Wildman–Crippen MR) is 89.4 cm³/mol. The molecule has 20 heavy (non-hydrogen) atoms. The Balaban J connectivity index is 0.00000200. The van der Waals surface area contributed by atoms with E-state index in [0.717, 1.165) is 25.9 Å². The Labute approximate surface area is 136 Å². The Kier molecular flexibility index (Phi) is 7.48. The molecule has 0 aromatic heterocycles. The molecule has 2 atom stereocenters. The summed E-state index contributed by atoms with van der Waals surface area (Å²) in [5, 5.41) is 0. The van der Waals surface area contributed by atoms with Crippen molar-refractivity contribution in [3.05, 3.63) is 33.8 Å². The van der Waals surface area contributed by atoms with E-state index < -0.39 is 0 Å². The molecular formula is C15H24BrClN2O. The largest absolute Gasteiger partial charge is 0.381 e. The van der Waals surface area contributed by atoms with Gasteiger partial charge in [-0.05, 0) is 37.0 Å². The summed E-state index contributed by atoms with van der Waals surface area (Å²) in [5.41, 5.74) is 8.53. The molecule has 2 unspecified atom stereocenters. The van der Waals surface area contributed by atoms with Gasteiger partial charge in [0.25, 0.3) is 0 Å². The standard InChI is InChI=1S/C15H23BrN2O.ClH/c1-11-3-4-12(15(16)7-11)10-18-6-5-14(19-2)8-13(18)9-17;/h3-4,7,13-14H,5-6,8-10,17H2,1-2H3;1H. The number of nitrogens with zero attached hydrogens (tertiary/aromatic N) is 1. The normalized spacial score (nSPS) is 23.4. The summed E-state index contributed by atoms with van der Waals surface area (Å²) >= 11 is 3.66. The third-order valence-corrected chi connectivity index (χ3v) is 4.72. The number of hydrogen-bond acceptors (Lipinski definition) is 3. The zero-order valence-corrected chi connectivity index (χ0v) is 14.5. The van der Waals surface area contributed by atoms with Crippen molar-refractivity contribution in [1.29, 1.82) is 0 Å². The summed E-state index contributed by atoms with van der Waals surface area (Å²) < 4.78 is 6.66. The summed E-state index contributed by atoms with van der Waals surface area (Å²) in [6.07, 6.45) is 2.50. The van der Waals surface area contributed by atoms with E-state index in [0.29, 0.717) is 18.7 Å². The number of aryl methyl sites for hydroxylation is 1. The van der Waals surface area contributed by atoms with Crippen LogP contribution >= 0.6 is 28.3 Å². The topological polar surface area (TPSA) is 38.5 Å². The predicted octanol–water partition coefficient (Wildman–Crippen LogP) is 3.12. The molecule has 0 aliphatic carbocycles. The fraction of sp³-hybridized carbons (Fsp3) is 0.600. The molecule has 1 aliphatic heterocycles. The monoisotopic (exact) mass is 362 g/mol. The van der Waals surface area contributed by atoms with Gasteiger partial charge >= 0.3 is 0 Å². The first kappa shape index (κ1) is 17.9. The van der Waals surface area contributed by atoms with Crippen LogP contribution < -0.4 is 5.73 Å². The van der Waals surface area contributed by atoms with Crippen molar-refractivity contribution in [2.75, 3.05) is 20.2 Å². The van der Waals surface area contributed by atoms with Gasteiger partial charge in [-0.3, -0.25) is 4.90 Å². The highest BCUT2D eigenvalue weighted by Gasteiger charge is 2.27. The minimum atomic E-state index is 0. The fourth-order valence-electron chi connectivity index (χ4n) is 2.73. The second-order valence-corrected chi connectivity index (χ2v) is 6.19. The average molecular weight is 364 g/mol. The summed E-state index contributed by atoms with van der Waals surface area (Å²) in [5.74, 6) is 0. The van der Waals surface area contributed by atoms with Crippen molar-refractivity contribution >= 4 is 28.3 Å². The molecule has 0 radical (unpaired) electrons. The molecule has 2 N–H and O–H groups in total. The van der Waals surface area contributed by atoms with Crippen LogP contribution in [0.3, 0.4) is 0 Å². The Morgan fingerprint density at radius 2 is 2.20 bits per heavy atom. The molecule has 1 saturated heterocycles. The van der Waals surface area contributed by atoms with Gasteiger partial charge in [-0.1, -0.05) is 28.1 Å². The van der Waals surface area contributed by atoms with E-state index in [2.05, 4.69) is 46.0 Å². The van der Waals surface area contributed by atoms with E-state index in [-0.39, 0.29) is 12.4 Å². The fourth-order valence-corrected chi connectivity index (χ4v) is 3.35. The van der Waals surface area contributed by atoms with Gasteiger partial charge in [0.2, 0.25) is 0 Å². The van der Waals surface area contributed by atoms with Gasteiger partial charge in [-0.2, -0.15) is 0 Å². The van der Waals surface area contributed by atoms with Gasteiger partial charge in [0.1, 0.15) is 0 Å². The zero-order chi connectivity index (χ0) is 13.8. The molecule has 5 heteroatoms. The molecule has 0 bridgehead atoms. The molecule has 3 nitrogen and oxygen atoms in total. The van der Waals surface area contributed by atoms with E-state index in [1.165, 1.54) is 15.6 Å². The van der Waals surface area contributed by atoms with Gasteiger partial charge < -0.3 is 10.5 Å². The average Bonchev–Trinajstić information content (AvgIpc) is 2.42. The van der Waals surface area contributed by atoms with Crippen molar-refractivity contribution in [1.82, 2.24) is 4.90 Å². The number of ether oxygens (including phenoxy) is 1. The summed E-state index contributed by atoms with van der Waals surface area (Å²) in [7, 11) is 1.80. The first-order chi connectivity index (χ1) is 9.13.